The van der Waals surface area contributed by atoms with Gasteiger partial charge in [0.2, 0.25) is 15.9 Å². The maximum atomic E-state index is 12.6. The van der Waals surface area contributed by atoms with Crippen LogP contribution in [0, 0.1) is 11.8 Å². The molecule has 0 aromatic carbocycles. The van der Waals surface area contributed by atoms with E-state index in [4.69, 9.17) is 0 Å². The van der Waals surface area contributed by atoms with Crippen LogP contribution in [-0.2, 0) is 14.8 Å². The van der Waals surface area contributed by atoms with E-state index in [1.54, 1.807) is 11.4 Å². The Morgan fingerprint density at radius 2 is 1.85 bits per heavy atom. The summed E-state index contributed by atoms with van der Waals surface area (Å²) in [4.78, 5) is 18.8. The Morgan fingerprint density at radius 1 is 1.11 bits per heavy atom. The van der Waals surface area contributed by atoms with Crippen LogP contribution >= 0.6 is 0 Å². The largest absolute Gasteiger partial charge is 0.356 e. The van der Waals surface area contributed by atoms with Gasteiger partial charge in [-0.3, -0.25) is 9.79 Å². The smallest absolute Gasteiger partial charge is 0.225 e. The minimum absolute atomic E-state index is 0.220. The third kappa shape index (κ3) is 5.34. The van der Waals surface area contributed by atoms with Gasteiger partial charge in [0.05, 0.1) is 6.26 Å². The molecular formula is C18H33N5O3S. The highest BCUT2D eigenvalue weighted by Crippen LogP contribution is 2.27. The highest BCUT2D eigenvalue weighted by Gasteiger charge is 2.33. The number of likely N-dealkylation sites (tertiary alicyclic amines) is 1. The summed E-state index contributed by atoms with van der Waals surface area (Å²) in [6.45, 7) is 3.41. The molecule has 2 unspecified atom stereocenters. The van der Waals surface area contributed by atoms with Gasteiger partial charge in [-0.2, -0.15) is 0 Å². The quantitative estimate of drug-likeness (QED) is 0.510. The second-order valence-electron chi connectivity index (χ2n) is 8.12. The number of nitrogens with zero attached hydrogens (tertiary/aromatic N) is 3. The number of rotatable bonds is 5. The number of amides is 1. The summed E-state index contributed by atoms with van der Waals surface area (Å²) in [6.07, 6.45) is 7.52. The minimum atomic E-state index is -3.10. The van der Waals surface area contributed by atoms with E-state index in [9.17, 15) is 13.2 Å². The lowest BCUT2D eigenvalue weighted by atomic mass is 10.1. The molecule has 3 aliphatic rings. The number of carbonyl (C=O) groups is 1. The van der Waals surface area contributed by atoms with Gasteiger partial charge in [-0.05, 0) is 31.6 Å². The average molecular weight is 400 g/mol. The summed E-state index contributed by atoms with van der Waals surface area (Å²) in [7, 11) is -1.36. The van der Waals surface area contributed by atoms with Crippen molar-refractivity contribution < 1.29 is 13.2 Å². The fourth-order valence-electron chi connectivity index (χ4n) is 4.40. The predicted octanol–water partition coefficient (Wildman–Crippen LogP) is 0.224. The molecule has 0 aromatic heterocycles. The van der Waals surface area contributed by atoms with Crippen LogP contribution in [0.25, 0.3) is 0 Å². The molecule has 1 saturated carbocycles. The van der Waals surface area contributed by atoms with Crippen molar-refractivity contribution in [3.8, 4) is 0 Å². The number of sulfonamides is 1. The Balaban J connectivity index is 1.41. The fourth-order valence-corrected chi connectivity index (χ4v) is 5.32. The number of nitrogens with one attached hydrogen (secondary N) is 2. The van der Waals surface area contributed by atoms with Crippen molar-refractivity contribution in [2.24, 2.45) is 16.8 Å². The van der Waals surface area contributed by atoms with Gasteiger partial charge in [-0.25, -0.2) is 12.7 Å². The van der Waals surface area contributed by atoms with Crippen molar-refractivity contribution in [1.29, 1.82) is 0 Å². The molecule has 2 heterocycles. The molecule has 1 aliphatic carbocycles. The lowest BCUT2D eigenvalue weighted by Gasteiger charge is -2.22. The van der Waals surface area contributed by atoms with Gasteiger partial charge in [0, 0.05) is 51.7 Å². The van der Waals surface area contributed by atoms with E-state index in [0.717, 1.165) is 44.7 Å². The van der Waals surface area contributed by atoms with Gasteiger partial charge >= 0.3 is 0 Å². The molecule has 0 radical (unpaired) electrons. The van der Waals surface area contributed by atoms with Crippen LogP contribution in [0.15, 0.2) is 4.99 Å². The third-order valence-corrected chi connectivity index (χ3v) is 7.31. The first kappa shape index (κ1) is 20.4. The zero-order valence-electron chi connectivity index (χ0n) is 16.5. The molecule has 9 heteroatoms. The van der Waals surface area contributed by atoms with Gasteiger partial charge in [-0.1, -0.05) is 12.8 Å². The Hall–Kier alpha value is -1.35. The highest BCUT2D eigenvalue weighted by atomic mass is 32.2. The zero-order chi connectivity index (χ0) is 19.4. The Bertz CT molecular complexity index is 660. The molecule has 0 bridgehead atoms. The zero-order valence-corrected chi connectivity index (χ0v) is 17.3. The van der Waals surface area contributed by atoms with Crippen LogP contribution in [0.2, 0.25) is 0 Å². The first-order valence-electron chi connectivity index (χ1n) is 10.1. The highest BCUT2D eigenvalue weighted by molar-refractivity contribution is 7.88. The van der Waals surface area contributed by atoms with E-state index >= 15 is 0 Å². The van der Waals surface area contributed by atoms with Crippen LogP contribution in [0.4, 0.5) is 0 Å². The Kier molecular flexibility index (Phi) is 6.62. The maximum Gasteiger partial charge on any atom is 0.225 e. The predicted molar refractivity (Wildman–Crippen MR) is 106 cm³/mol. The summed E-state index contributed by atoms with van der Waals surface area (Å²) < 4.78 is 24.8. The van der Waals surface area contributed by atoms with Crippen molar-refractivity contribution in [3.63, 3.8) is 0 Å². The molecule has 27 heavy (non-hydrogen) atoms. The number of hydrogen-bond donors (Lipinski definition) is 2. The van der Waals surface area contributed by atoms with Crippen LogP contribution < -0.4 is 10.6 Å². The van der Waals surface area contributed by atoms with Crippen molar-refractivity contribution in [2.45, 2.75) is 44.6 Å². The van der Waals surface area contributed by atoms with Gasteiger partial charge in [0.1, 0.15) is 0 Å². The van der Waals surface area contributed by atoms with Crippen LogP contribution in [-0.4, -0.2) is 81.6 Å². The molecule has 0 aromatic rings. The number of carbonyl (C=O) groups excluding carboxylic acids is 1. The second kappa shape index (κ2) is 8.77. The fraction of sp³-hybridized carbons (Fsp3) is 0.889. The number of hydrogen-bond acceptors (Lipinski definition) is 4. The van der Waals surface area contributed by atoms with Gasteiger partial charge in [0.25, 0.3) is 0 Å². The SMILES string of the molecule is CN=C(NCC1CCN(S(C)(=O)=O)C1)NC1CCN(C(=O)C2CCCC2)C1. The first-order valence-corrected chi connectivity index (χ1v) is 11.9. The van der Waals surface area contributed by atoms with Crippen LogP contribution in [0.3, 0.4) is 0 Å². The number of guanidine groups is 1. The summed E-state index contributed by atoms with van der Waals surface area (Å²) in [6, 6.07) is 0.220. The first-order chi connectivity index (χ1) is 12.9. The molecule has 2 saturated heterocycles. The van der Waals surface area contributed by atoms with Crippen molar-refractivity contribution in [2.75, 3.05) is 46.0 Å². The second-order valence-corrected chi connectivity index (χ2v) is 10.1. The standard InChI is InChI=1S/C18H33N5O3S/c1-19-18(20-11-14-7-10-23(12-14)27(2,25)26)21-16-8-9-22(13-16)17(24)15-5-3-4-6-15/h14-16H,3-13H2,1-2H3,(H2,19,20,21). The maximum absolute atomic E-state index is 12.6. The van der Waals surface area contributed by atoms with Gasteiger partial charge in [-0.15, -0.1) is 0 Å². The van der Waals surface area contributed by atoms with Crippen molar-refractivity contribution in [3.05, 3.63) is 0 Å². The molecule has 1 amide bonds. The van der Waals surface area contributed by atoms with E-state index in [0.29, 0.717) is 31.5 Å². The summed E-state index contributed by atoms with van der Waals surface area (Å²) in [5.74, 6) is 1.59. The summed E-state index contributed by atoms with van der Waals surface area (Å²) in [5, 5.41) is 6.74. The lowest BCUT2D eigenvalue weighted by molar-refractivity contribution is -0.134. The average Bonchev–Trinajstić information content (AvgIpc) is 3.39. The van der Waals surface area contributed by atoms with E-state index in [1.807, 2.05) is 4.90 Å². The van der Waals surface area contributed by atoms with Gasteiger partial charge in [0.15, 0.2) is 5.96 Å². The molecule has 8 nitrogen and oxygen atoms in total. The third-order valence-electron chi connectivity index (χ3n) is 6.04. The molecule has 2 N–H and O–H groups in total. The molecule has 0 spiro atoms. The normalized spacial score (nSPS) is 28.1. The van der Waals surface area contributed by atoms with Crippen LogP contribution in [0.5, 0.6) is 0 Å². The monoisotopic (exact) mass is 399 g/mol. The molecule has 3 fully saturated rings. The molecule has 154 valence electrons. The molecule has 2 atom stereocenters. The lowest BCUT2D eigenvalue weighted by Crippen LogP contribution is -2.46. The van der Waals surface area contributed by atoms with E-state index in [-0.39, 0.29) is 12.0 Å². The minimum Gasteiger partial charge on any atom is -0.356 e. The van der Waals surface area contributed by atoms with Gasteiger partial charge < -0.3 is 15.5 Å². The Labute approximate surface area is 162 Å². The van der Waals surface area contributed by atoms with E-state index < -0.39 is 10.0 Å². The summed E-state index contributed by atoms with van der Waals surface area (Å²) >= 11 is 0. The molecule has 2 aliphatic heterocycles. The molecular weight excluding hydrogens is 366 g/mol. The number of aliphatic imine (C=N–C) groups is 1. The Morgan fingerprint density at radius 3 is 2.48 bits per heavy atom. The van der Waals surface area contributed by atoms with E-state index in [2.05, 4.69) is 15.6 Å². The van der Waals surface area contributed by atoms with E-state index in [1.165, 1.54) is 19.1 Å². The molecule has 3 rings (SSSR count). The van der Waals surface area contributed by atoms with Crippen molar-refractivity contribution >= 4 is 21.9 Å². The van der Waals surface area contributed by atoms with Crippen molar-refractivity contribution in [1.82, 2.24) is 19.8 Å². The topological polar surface area (TPSA) is 94.1 Å². The summed E-state index contributed by atoms with van der Waals surface area (Å²) in [5.41, 5.74) is 0. The van der Waals surface area contributed by atoms with Crippen LogP contribution in [0.1, 0.15) is 38.5 Å².